The molecule has 2 heterocycles. The highest BCUT2D eigenvalue weighted by Gasteiger charge is 2.16. The first-order valence-electron chi connectivity index (χ1n) is 9.31. The van der Waals surface area contributed by atoms with Crippen LogP contribution in [0, 0.1) is 0 Å². The van der Waals surface area contributed by atoms with Crippen LogP contribution < -0.4 is 16.0 Å². The molecule has 0 radical (unpaired) electrons. The number of nitrogens with zero attached hydrogens (tertiary/aromatic N) is 2. The minimum Gasteiger partial charge on any atom is -0.338 e. The molecular weight excluding hydrogens is 342 g/mol. The molecule has 0 aliphatic carbocycles. The van der Waals surface area contributed by atoms with Crippen LogP contribution in [-0.4, -0.2) is 41.6 Å². The van der Waals surface area contributed by atoms with Crippen LogP contribution in [-0.2, 0) is 6.42 Å². The molecule has 142 valence electrons. The molecule has 4 amide bonds. The van der Waals surface area contributed by atoms with Gasteiger partial charge in [0, 0.05) is 31.5 Å². The van der Waals surface area contributed by atoms with Crippen molar-refractivity contribution in [2.24, 2.45) is 0 Å². The monoisotopic (exact) mass is 367 g/mol. The van der Waals surface area contributed by atoms with Gasteiger partial charge in [0.05, 0.1) is 11.9 Å². The fourth-order valence-electron chi connectivity index (χ4n) is 3.07. The van der Waals surface area contributed by atoms with Gasteiger partial charge in [-0.05, 0) is 49.4 Å². The lowest BCUT2D eigenvalue weighted by molar-refractivity contribution is 0.186. The lowest BCUT2D eigenvalue weighted by atomic mass is 10.1. The zero-order valence-electron chi connectivity index (χ0n) is 15.3. The molecule has 1 aromatic carbocycles. The van der Waals surface area contributed by atoms with E-state index >= 15 is 0 Å². The molecule has 1 aromatic heterocycles. The number of amides is 4. The summed E-state index contributed by atoms with van der Waals surface area (Å²) in [6.07, 6.45) is 7.25. The molecule has 0 atom stereocenters. The normalized spacial score (nSPS) is 13.7. The van der Waals surface area contributed by atoms with Gasteiger partial charge in [0.1, 0.15) is 0 Å². The first-order chi connectivity index (χ1) is 13.2. The summed E-state index contributed by atoms with van der Waals surface area (Å²) < 4.78 is 0. The van der Waals surface area contributed by atoms with Crippen LogP contribution in [0.15, 0.2) is 48.8 Å². The Morgan fingerprint density at radius 1 is 1.00 bits per heavy atom. The fraction of sp³-hybridized carbons (Fsp3) is 0.350. The summed E-state index contributed by atoms with van der Waals surface area (Å²) in [4.78, 5) is 30.3. The lowest BCUT2D eigenvalue weighted by Gasteiger charge is -2.26. The molecule has 0 spiro atoms. The van der Waals surface area contributed by atoms with Crippen LogP contribution in [0.1, 0.15) is 24.8 Å². The van der Waals surface area contributed by atoms with E-state index < -0.39 is 0 Å². The highest BCUT2D eigenvalue weighted by atomic mass is 16.2. The molecule has 27 heavy (non-hydrogen) atoms. The van der Waals surface area contributed by atoms with Gasteiger partial charge in [-0.2, -0.15) is 0 Å². The van der Waals surface area contributed by atoms with Crippen molar-refractivity contribution in [2.45, 2.75) is 25.7 Å². The number of carbonyl (C=O) groups excluding carboxylic acids is 2. The molecule has 1 fully saturated rings. The van der Waals surface area contributed by atoms with Gasteiger partial charge >= 0.3 is 12.1 Å². The Labute approximate surface area is 159 Å². The number of carbonyl (C=O) groups is 2. The molecule has 0 unspecified atom stereocenters. The molecule has 1 aliphatic heterocycles. The summed E-state index contributed by atoms with van der Waals surface area (Å²) in [5, 5.41) is 8.57. The van der Waals surface area contributed by atoms with Gasteiger partial charge in [-0.3, -0.25) is 4.98 Å². The van der Waals surface area contributed by atoms with Crippen molar-refractivity contribution in [3.8, 4) is 0 Å². The molecule has 0 bridgehead atoms. The van der Waals surface area contributed by atoms with Crippen molar-refractivity contribution < 1.29 is 9.59 Å². The van der Waals surface area contributed by atoms with Gasteiger partial charge in [-0.25, -0.2) is 9.59 Å². The molecule has 3 N–H and O–H groups in total. The first kappa shape index (κ1) is 18.7. The Morgan fingerprint density at radius 2 is 1.78 bits per heavy atom. The first-order valence-corrected chi connectivity index (χ1v) is 9.31. The third-order valence-corrected chi connectivity index (χ3v) is 4.51. The Hall–Kier alpha value is -3.09. The summed E-state index contributed by atoms with van der Waals surface area (Å²) in [5.41, 5.74) is 2.28. The number of aromatic nitrogens is 1. The highest BCUT2D eigenvalue weighted by Crippen LogP contribution is 2.15. The molecule has 1 saturated heterocycles. The summed E-state index contributed by atoms with van der Waals surface area (Å²) in [7, 11) is 0. The number of hydrogen-bond acceptors (Lipinski definition) is 3. The van der Waals surface area contributed by atoms with E-state index in [2.05, 4.69) is 20.9 Å². The van der Waals surface area contributed by atoms with Crippen molar-refractivity contribution in [3.63, 3.8) is 0 Å². The largest absolute Gasteiger partial charge is 0.338 e. The second kappa shape index (κ2) is 9.56. The smallest absolute Gasteiger partial charge is 0.323 e. The average Bonchev–Trinajstić information content (AvgIpc) is 2.70. The lowest BCUT2D eigenvalue weighted by Crippen LogP contribution is -2.43. The van der Waals surface area contributed by atoms with Crippen LogP contribution in [0.25, 0.3) is 0 Å². The number of likely N-dealkylation sites (tertiary alicyclic amines) is 1. The number of piperidine rings is 1. The predicted octanol–water partition coefficient (Wildman–Crippen LogP) is 3.46. The summed E-state index contributed by atoms with van der Waals surface area (Å²) >= 11 is 0. The highest BCUT2D eigenvalue weighted by molar-refractivity contribution is 6.00. The van der Waals surface area contributed by atoms with Crippen LogP contribution in [0.2, 0.25) is 0 Å². The van der Waals surface area contributed by atoms with E-state index in [0.717, 1.165) is 31.5 Å². The number of anilines is 2. The van der Waals surface area contributed by atoms with Crippen molar-refractivity contribution in [1.29, 1.82) is 0 Å². The zero-order chi connectivity index (χ0) is 18.9. The number of para-hydroxylation sites is 1. The maximum atomic E-state index is 12.2. The Kier molecular flexibility index (Phi) is 6.62. The third kappa shape index (κ3) is 5.70. The third-order valence-electron chi connectivity index (χ3n) is 4.51. The minimum atomic E-state index is -0.326. The van der Waals surface area contributed by atoms with Gasteiger partial charge in [-0.1, -0.05) is 18.2 Å². The summed E-state index contributed by atoms with van der Waals surface area (Å²) in [6, 6.07) is 10.8. The maximum absolute atomic E-state index is 12.2. The van der Waals surface area contributed by atoms with E-state index in [1.165, 1.54) is 6.42 Å². The molecule has 0 saturated carbocycles. The quantitative estimate of drug-likeness (QED) is 0.756. The van der Waals surface area contributed by atoms with E-state index in [0.29, 0.717) is 24.3 Å². The number of benzene rings is 1. The molecule has 1 aliphatic rings. The van der Waals surface area contributed by atoms with Crippen LogP contribution in [0.5, 0.6) is 0 Å². The Morgan fingerprint density at radius 3 is 2.56 bits per heavy atom. The standard InChI is InChI=1S/C20H25N5O2/c26-19(23-17-7-3-1-4-8-17)24-18-15-21-11-9-16(18)10-12-22-20(27)25-13-5-2-6-14-25/h1,3-4,7-9,11,15H,2,5-6,10,12-14H2,(H,22,27)(H2,23,24,26). The maximum Gasteiger partial charge on any atom is 0.323 e. The van der Waals surface area contributed by atoms with Crippen LogP contribution >= 0.6 is 0 Å². The van der Waals surface area contributed by atoms with Crippen LogP contribution in [0.3, 0.4) is 0 Å². The Bertz CT molecular complexity index is 760. The van der Waals surface area contributed by atoms with Gasteiger partial charge in [0.25, 0.3) is 0 Å². The van der Waals surface area contributed by atoms with Gasteiger partial charge in [-0.15, -0.1) is 0 Å². The minimum absolute atomic E-state index is 0.0138. The topological polar surface area (TPSA) is 86.4 Å². The second-order valence-electron chi connectivity index (χ2n) is 6.51. The van der Waals surface area contributed by atoms with Crippen molar-refractivity contribution >= 4 is 23.4 Å². The Balaban J connectivity index is 1.51. The van der Waals surface area contributed by atoms with Crippen molar-refractivity contribution in [3.05, 3.63) is 54.4 Å². The number of urea groups is 2. The van der Waals surface area contributed by atoms with Crippen molar-refractivity contribution in [2.75, 3.05) is 30.3 Å². The number of nitrogens with one attached hydrogen (secondary N) is 3. The SMILES string of the molecule is O=C(Nc1ccccc1)Nc1cnccc1CCNC(=O)N1CCCCC1. The molecular formula is C20H25N5O2. The van der Waals surface area contributed by atoms with Crippen molar-refractivity contribution in [1.82, 2.24) is 15.2 Å². The molecule has 2 aromatic rings. The average molecular weight is 367 g/mol. The predicted molar refractivity (Wildman–Crippen MR) is 106 cm³/mol. The van der Waals surface area contributed by atoms with Crippen LogP contribution in [0.4, 0.5) is 21.0 Å². The van der Waals surface area contributed by atoms with Gasteiger partial charge in [0.2, 0.25) is 0 Å². The van der Waals surface area contributed by atoms with Gasteiger partial charge in [0.15, 0.2) is 0 Å². The molecule has 3 rings (SSSR count). The van der Waals surface area contributed by atoms with E-state index in [-0.39, 0.29) is 12.1 Å². The zero-order valence-corrected chi connectivity index (χ0v) is 15.3. The van der Waals surface area contributed by atoms with Gasteiger partial charge < -0.3 is 20.9 Å². The van der Waals surface area contributed by atoms with E-state index in [4.69, 9.17) is 0 Å². The fourth-order valence-corrected chi connectivity index (χ4v) is 3.07. The molecule has 7 nitrogen and oxygen atoms in total. The number of hydrogen-bond donors (Lipinski definition) is 3. The summed E-state index contributed by atoms with van der Waals surface area (Å²) in [6.45, 7) is 2.16. The van der Waals surface area contributed by atoms with E-state index in [9.17, 15) is 9.59 Å². The number of rotatable bonds is 5. The summed E-state index contributed by atoms with van der Waals surface area (Å²) in [5.74, 6) is 0. The van der Waals surface area contributed by atoms with E-state index in [1.807, 2.05) is 41.3 Å². The molecule has 7 heteroatoms. The second-order valence-corrected chi connectivity index (χ2v) is 6.51. The van der Waals surface area contributed by atoms with E-state index in [1.54, 1.807) is 12.4 Å². The number of pyridine rings is 1.